The van der Waals surface area contributed by atoms with Gasteiger partial charge in [0.15, 0.2) is 12.4 Å². The van der Waals surface area contributed by atoms with Gasteiger partial charge in [-0.15, -0.1) is 0 Å². The first-order chi connectivity index (χ1) is 9.19. The van der Waals surface area contributed by atoms with E-state index < -0.39 is 0 Å². The zero-order chi connectivity index (χ0) is 13.7. The Labute approximate surface area is 110 Å². The van der Waals surface area contributed by atoms with Gasteiger partial charge in [0.25, 0.3) is 0 Å². The van der Waals surface area contributed by atoms with Crippen molar-refractivity contribution < 1.29 is 18.7 Å². The zero-order valence-electron chi connectivity index (χ0n) is 10.4. The monoisotopic (exact) mass is 260 g/mol. The minimum atomic E-state index is -0.341. The van der Waals surface area contributed by atoms with Crippen LogP contribution in [0.5, 0.6) is 11.5 Å². The smallest absolute Gasteiger partial charge is 0.200 e. The van der Waals surface area contributed by atoms with Crippen LogP contribution in [0.4, 0.5) is 4.39 Å². The standard InChI is InChI=1S/C15H13FO3/c1-18-14-4-2-3-11(9-14)15(17)10-19-13-7-5-12(16)6-8-13/h2-9H,10H2,1H3. The van der Waals surface area contributed by atoms with Crippen molar-refractivity contribution >= 4 is 5.78 Å². The fraction of sp³-hybridized carbons (Fsp3) is 0.133. The molecule has 0 aliphatic carbocycles. The van der Waals surface area contributed by atoms with Crippen LogP contribution in [0.2, 0.25) is 0 Å². The van der Waals surface area contributed by atoms with Gasteiger partial charge in [0, 0.05) is 5.56 Å². The first kappa shape index (κ1) is 13.1. The quantitative estimate of drug-likeness (QED) is 0.775. The van der Waals surface area contributed by atoms with Gasteiger partial charge in [-0.05, 0) is 36.4 Å². The number of methoxy groups -OCH3 is 1. The molecule has 0 atom stereocenters. The lowest BCUT2D eigenvalue weighted by molar-refractivity contribution is 0.0921. The highest BCUT2D eigenvalue weighted by Crippen LogP contribution is 2.15. The summed E-state index contributed by atoms with van der Waals surface area (Å²) in [5.41, 5.74) is 0.515. The maximum atomic E-state index is 12.7. The molecule has 2 rings (SSSR count). The van der Waals surface area contributed by atoms with Crippen molar-refractivity contribution in [1.82, 2.24) is 0 Å². The number of benzene rings is 2. The number of hydrogen-bond donors (Lipinski definition) is 0. The number of Topliss-reactive ketones (excluding diaryl/α,β-unsaturated/α-hetero) is 1. The maximum Gasteiger partial charge on any atom is 0.200 e. The number of ether oxygens (including phenoxy) is 2. The van der Waals surface area contributed by atoms with Crippen LogP contribution in [0.25, 0.3) is 0 Å². The molecular weight excluding hydrogens is 247 g/mol. The lowest BCUT2D eigenvalue weighted by Crippen LogP contribution is -2.11. The van der Waals surface area contributed by atoms with Crippen molar-refractivity contribution in [2.45, 2.75) is 0 Å². The number of halogens is 1. The van der Waals surface area contributed by atoms with E-state index in [-0.39, 0.29) is 18.2 Å². The molecular formula is C15H13FO3. The molecule has 0 aromatic heterocycles. The molecule has 3 nitrogen and oxygen atoms in total. The van der Waals surface area contributed by atoms with E-state index >= 15 is 0 Å². The molecule has 0 unspecified atom stereocenters. The van der Waals surface area contributed by atoms with Gasteiger partial charge >= 0.3 is 0 Å². The van der Waals surface area contributed by atoms with Crippen LogP contribution in [0.15, 0.2) is 48.5 Å². The first-order valence-electron chi connectivity index (χ1n) is 5.74. The molecule has 19 heavy (non-hydrogen) atoms. The second-order valence-corrected chi connectivity index (χ2v) is 3.90. The van der Waals surface area contributed by atoms with Crippen LogP contribution < -0.4 is 9.47 Å². The highest BCUT2D eigenvalue weighted by molar-refractivity contribution is 5.97. The van der Waals surface area contributed by atoms with Crippen molar-refractivity contribution in [2.75, 3.05) is 13.7 Å². The Morgan fingerprint density at radius 3 is 2.53 bits per heavy atom. The third-order valence-electron chi connectivity index (χ3n) is 2.58. The van der Waals surface area contributed by atoms with Crippen LogP contribution in [0.3, 0.4) is 0 Å². The largest absolute Gasteiger partial charge is 0.497 e. The number of carbonyl (C=O) groups excluding carboxylic acids is 1. The summed E-state index contributed by atoms with van der Waals surface area (Å²) in [6.45, 7) is -0.0984. The van der Waals surface area contributed by atoms with Crippen molar-refractivity contribution in [2.24, 2.45) is 0 Å². The van der Waals surface area contributed by atoms with E-state index in [9.17, 15) is 9.18 Å². The topological polar surface area (TPSA) is 35.5 Å². The SMILES string of the molecule is COc1cccc(C(=O)COc2ccc(F)cc2)c1. The first-order valence-corrected chi connectivity index (χ1v) is 5.74. The average Bonchev–Trinajstić information content (AvgIpc) is 2.46. The molecule has 0 spiro atoms. The highest BCUT2D eigenvalue weighted by atomic mass is 19.1. The lowest BCUT2D eigenvalue weighted by Gasteiger charge is -2.06. The van der Waals surface area contributed by atoms with E-state index in [1.165, 1.54) is 24.3 Å². The summed E-state index contributed by atoms with van der Waals surface area (Å²) < 4.78 is 23.0. The Morgan fingerprint density at radius 1 is 1.11 bits per heavy atom. The van der Waals surface area contributed by atoms with E-state index in [1.807, 2.05) is 0 Å². The molecule has 0 amide bonds. The summed E-state index contributed by atoms with van der Waals surface area (Å²) in [6, 6.07) is 12.4. The Morgan fingerprint density at radius 2 is 1.84 bits per heavy atom. The molecule has 0 aliphatic heterocycles. The highest BCUT2D eigenvalue weighted by Gasteiger charge is 2.08. The molecule has 4 heteroatoms. The summed E-state index contributed by atoms with van der Waals surface area (Å²) in [5.74, 6) is 0.569. The zero-order valence-corrected chi connectivity index (χ0v) is 10.4. The number of hydrogen-bond acceptors (Lipinski definition) is 3. The molecule has 0 radical (unpaired) electrons. The molecule has 0 bridgehead atoms. The van der Waals surface area contributed by atoms with Crippen LogP contribution >= 0.6 is 0 Å². The summed E-state index contributed by atoms with van der Waals surface area (Å²) in [7, 11) is 1.54. The molecule has 0 heterocycles. The van der Waals surface area contributed by atoms with Crippen LogP contribution in [0, 0.1) is 5.82 Å². The molecule has 0 saturated heterocycles. The van der Waals surface area contributed by atoms with E-state index in [2.05, 4.69) is 0 Å². The molecule has 2 aromatic rings. The lowest BCUT2D eigenvalue weighted by atomic mass is 10.1. The van der Waals surface area contributed by atoms with Crippen molar-refractivity contribution in [1.29, 1.82) is 0 Å². The summed E-state index contributed by atoms with van der Waals surface area (Å²) in [4.78, 5) is 11.9. The number of ketones is 1. The molecule has 0 fully saturated rings. The van der Waals surface area contributed by atoms with Gasteiger partial charge in [-0.25, -0.2) is 4.39 Å². The van der Waals surface area contributed by atoms with Gasteiger partial charge in [-0.3, -0.25) is 4.79 Å². The predicted octanol–water partition coefficient (Wildman–Crippen LogP) is 3.10. The second kappa shape index (κ2) is 6.00. The van der Waals surface area contributed by atoms with Gasteiger partial charge in [-0.2, -0.15) is 0 Å². The molecule has 98 valence electrons. The van der Waals surface area contributed by atoms with E-state index in [4.69, 9.17) is 9.47 Å². The fourth-order valence-electron chi connectivity index (χ4n) is 1.56. The van der Waals surface area contributed by atoms with Crippen molar-refractivity contribution in [3.8, 4) is 11.5 Å². The summed E-state index contributed by atoms with van der Waals surface area (Å²) in [5, 5.41) is 0. The number of rotatable bonds is 5. The summed E-state index contributed by atoms with van der Waals surface area (Å²) >= 11 is 0. The van der Waals surface area contributed by atoms with Gasteiger partial charge in [0.1, 0.15) is 17.3 Å². The molecule has 0 N–H and O–H groups in total. The fourth-order valence-corrected chi connectivity index (χ4v) is 1.56. The Bertz CT molecular complexity index is 564. The second-order valence-electron chi connectivity index (χ2n) is 3.90. The van der Waals surface area contributed by atoms with Gasteiger partial charge in [-0.1, -0.05) is 12.1 Å². The third-order valence-corrected chi connectivity index (χ3v) is 2.58. The van der Waals surface area contributed by atoms with Gasteiger partial charge in [0.2, 0.25) is 0 Å². The van der Waals surface area contributed by atoms with E-state index in [1.54, 1.807) is 31.4 Å². The van der Waals surface area contributed by atoms with Crippen molar-refractivity contribution in [3.63, 3.8) is 0 Å². The normalized spacial score (nSPS) is 10.0. The van der Waals surface area contributed by atoms with Gasteiger partial charge in [0.05, 0.1) is 7.11 Å². The Hall–Kier alpha value is -2.36. The van der Waals surface area contributed by atoms with E-state index in [0.717, 1.165) is 0 Å². The van der Waals surface area contributed by atoms with Crippen LogP contribution in [-0.2, 0) is 0 Å². The minimum absolute atomic E-state index is 0.0984. The average molecular weight is 260 g/mol. The Balaban J connectivity index is 1.99. The number of carbonyl (C=O) groups is 1. The maximum absolute atomic E-state index is 12.7. The molecule has 2 aromatic carbocycles. The van der Waals surface area contributed by atoms with Gasteiger partial charge < -0.3 is 9.47 Å². The van der Waals surface area contributed by atoms with Crippen LogP contribution in [0.1, 0.15) is 10.4 Å². The minimum Gasteiger partial charge on any atom is -0.497 e. The summed E-state index contributed by atoms with van der Waals surface area (Å²) in [6.07, 6.45) is 0. The Kier molecular flexibility index (Phi) is 4.13. The van der Waals surface area contributed by atoms with Crippen LogP contribution in [-0.4, -0.2) is 19.5 Å². The molecule has 0 saturated carbocycles. The van der Waals surface area contributed by atoms with Crippen molar-refractivity contribution in [3.05, 3.63) is 59.9 Å². The molecule has 0 aliphatic rings. The third kappa shape index (κ3) is 3.55. The predicted molar refractivity (Wildman–Crippen MR) is 69.2 cm³/mol. The van der Waals surface area contributed by atoms with E-state index in [0.29, 0.717) is 17.1 Å².